The van der Waals surface area contributed by atoms with Crippen molar-refractivity contribution in [3.05, 3.63) is 42.8 Å². The van der Waals surface area contributed by atoms with Crippen molar-refractivity contribution in [2.45, 2.75) is 13.8 Å². The van der Waals surface area contributed by atoms with Gasteiger partial charge in [-0.2, -0.15) is 5.26 Å². The number of rotatable bonds is 5. The number of alkyl halides is 1. The van der Waals surface area contributed by atoms with Gasteiger partial charge in [-0.15, -0.1) is 15.0 Å². The summed E-state index contributed by atoms with van der Waals surface area (Å²) < 4.78 is 12.5. The van der Waals surface area contributed by atoms with Gasteiger partial charge in [0.2, 0.25) is 5.82 Å². The summed E-state index contributed by atoms with van der Waals surface area (Å²) in [6.07, 6.45) is 7.19. The Labute approximate surface area is 127 Å². The molecule has 0 aliphatic rings. The highest BCUT2D eigenvalue weighted by atomic mass is 19.1. The lowest BCUT2D eigenvalue weighted by Crippen LogP contribution is -2.01. The van der Waals surface area contributed by atoms with Crippen molar-refractivity contribution in [1.82, 2.24) is 30.2 Å². The molecule has 2 aromatic rings. The van der Waals surface area contributed by atoms with Crippen LogP contribution < -0.4 is 0 Å². The van der Waals surface area contributed by atoms with E-state index in [4.69, 9.17) is 5.26 Å². The number of halogens is 1. The standard InChI is InChI=1S/C12H10FN7.C2H6/c1-2-9(8-14)7-10(3-4-13)20-18-12(17-19-20)11-15-5-6-16-11;1-2/h2-3,5-7H,1,4H2,(H,15,16);1-2H3/b9-7+,10-3+;. The van der Waals surface area contributed by atoms with E-state index in [9.17, 15) is 4.39 Å². The molecule has 0 fully saturated rings. The van der Waals surface area contributed by atoms with Gasteiger partial charge in [-0.3, -0.25) is 0 Å². The molecule has 0 spiro atoms. The molecule has 0 aromatic carbocycles. The summed E-state index contributed by atoms with van der Waals surface area (Å²) in [6, 6.07) is 1.92. The smallest absolute Gasteiger partial charge is 0.240 e. The van der Waals surface area contributed by atoms with Gasteiger partial charge in [0.25, 0.3) is 0 Å². The van der Waals surface area contributed by atoms with Gasteiger partial charge in [0, 0.05) is 12.4 Å². The minimum absolute atomic E-state index is 0.265. The van der Waals surface area contributed by atoms with Crippen LogP contribution in [0.1, 0.15) is 13.8 Å². The zero-order chi connectivity index (χ0) is 16.4. The number of hydrogen-bond donors (Lipinski definition) is 1. The number of aromatic nitrogens is 6. The first-order valence-electron chi connectivity index (χ1n) is 6.59. The normalized spacial score (nSPS) is 11.4. The first-order valence-corrected chi connectivity index (χ1v) is 6.59. The molecule has 0 amide bonds. The molecule has 2 heterocycles. The second-order valence-corrected chi connectivity index (χ2v) is 3.54. The number of nitrogens with zero attached hydrogens (tertiary/aromatic N) is 6. The van der Waals surface area contributed by atoms with Crippen molar-refractivity contribution in [1.29, 1.82) is 5.26 Å². The van der Waals surface area contributed by atoms with E-state index in [0.717, 1.165) is 4.80 Å². The topological polar surface area (TPSA) is 96.1 Å². The second-order valence-electron chi connectivity index (χ2n) is 3.54. The lowest BCUT2D eigenvalue weighted by atomic mass is 10.2. The van der Waals surface area contributed by atoms with E-state index in [2.05, 4.69) is 32.0 Å². The summed E-state index contributed by atoms with van der Waals surface area (Å²) in [7, 11) is 0. The first-order chi connectivity index (χ1) is 10.8. The molecule has 0 saturated heterocycles. The summed E-state index contributed by atoms with van der Waals surface area (Å²) in [5, 5.41) is 20.5. The Morgan fingerprint density at radius 1 is 1.55 bits per heavy atom. The number of imidazole rings is 1. The average Bonchev–Trinajstić information content (AvgIpc) is 3.24. The molecule has 114 valence electrons. The molecule has 0 atom stereocenters. The molecule has 2 rings (SSSR count). The molecule has 7 nitrogen and oxygen atoms in total. The van der Waals surface area contributed by atoms with Gasteiger partial charge in [0.1, 0.15) is 6.67 Å². The average molecular weight is 301 g/mol. The number of hydrogen-bond acceptors (Lipinski definition) is 5. The highest BCUT2D eigenvalue weighted by Crippen LogP contribution is 2.11. The van der Waals surface area contributed by atoms with Gasteiger partial charge in [-0.1, -0.05) is 26.5 Å². The van der Waals surface area contributed by atoms with E-state index >= 15 is 0 Å². The molecule has 0 bridgehead atoms. The molecule has 8 heteroatoms. The molecule has 22 heavy (non-hydrogen) atoms. The monoisotopic (exact) mass is 301 g/mol. The third-order valence-corrected chi connectivity index (χ3v) is 2.29. The van der Waals surface area contributed by atoms with Crippen molar-refractivity contribution in [3.8, 4) is 17.7 Å². The number of H-pyrrole nitrogens is 1. The summed E-state index contributed by atoms with van der Waals surface area (Å²) in [6.45, 7) is 6.77. The number of tetrazole rings is 1. The maximum Gasteiger partial charge on any atom is 0.240 e. The van der Waals surface area contributed by atoms with Crippen LogP contribution in [0.4, 0.5) is 4.39 Å². The molecule has 0 unspecified atom stereocenters. The Morgan fingerprint density at radius 2 is 2.32 bits per heavy atom. The molecule has 2 aromatic heterocycles. The van der Waals surface area contributed by atoms with Crippen LogP contribution in [-0.4, -0.2) is 36.8 Å². The van der Waals surface area contributed by atoms with Crippen LogP contribution in [0.25, 0.3) is 17.3 Å². The highest BCUT2D eigenvalue weighted by Gasteiger charge is 2.10. The third kappa shape index (κ3) is 4.21. The van der Waals surface area contributed by atoms with Crippen LogP contribution in [0.15, 0.2) is 42.8 Å². The molecular weight excluding hydrogens is 285 g/mol. The predicted molar refractivity (Wildman–Crippen MR) is 80.9 cm³/mol. The molecule has 0 aliphatic carbocycles. The quantitative estimate of drug-likeness (QED) is 0.676. The van der Waals surface area contributed by atoms with Crippen LogP contribution in [0, 0.1) is 11.3 Å². The fourth-order valence-electron chi connectivity index (χ4n) is 1.38. The lowest BCUT2D eigenvalue weighted by Gasteiger charge is -1.98. The number of allylic oxidation sites excluding steroid dienone is 5. The van der Waals surface area contributed by atoms with Crippen molar-refractivity contribution in [2.75, 3.05) is 6.67 Å². The van der Waals surface area contributed by atoms with Crippen molar-refractivity contribution in [2.24, 2.45) is 0 Å². The van der Waals surface area contributed by atoms with Gasteiger partial charge >= 0.3 is 0 Å². The van der Waals surface area contributed by atoms with E-state index in [1.165, 1.54) is 18.2 Å². The fraction of sp³-hybridized carbons (Fsp3) is 0.214. The van der Waals surface area contributed by atoms with Gasteiger partial charge in [-0.25, -0.2) is 9.37 Å². The molecule has 0 aliphatic heterocycles. The van der Waals surface area contributed by atoms with E-state index in [0.29, 0.717) is 5.82 Å². The van der Waals surface area contributed by atoms with Crippen molar-refractivity contribution in [3.63, 3.8) is 0 Å². The van der Waals surface area contributed by atoms with E-state index in [1.54, 1.807) is 12.4 Å². The Balaban J connectivity index is 0.00000116. The Bertz CT molecular complexity index is 689. The summed E-state index contributed by atoms with van der Waals surface area (Å²) in [4.78, 5) is 7.94. The van der Waals surface area contributed by atoms with Gasteiger partial charge in [0.05, 0.1) is 17.3 Å². The number of nitriles is 1. The molecule has 0 radical (unpaired) electrons. The van der Waals surface area contributed by atoms with Crippen LogP contribution in [0.2, 0.25) is 0 Å². The van der Waals surface area contributed by atoms with E-state index < -0.39 is 6.67 Å². The second kappa shape index (κ2) is 8.97. The SMILES string of the molecule is C=C/C(C#N)=C\C(=C/CF)n1nnc(-c2ncc[nH]2)n1.CC. The zero-order valence-electron chi connectivity index (χ0n) is 12.4. The molecule has 0 saturated carbocycles. The summed E-state index contributed by atoms with van der Waals surface area (Å²) in [5.74, 6) is 0.717. The Morgan fingerprint density at radius 3 is 2.86 bits per heavy atom. The van der Waals surface area contributed by atoms with Gasteiger partial charge < -0.3 is 4.98 Å². The number of aromatic amines is 1. The molecular formula is C14H16FN7. The first kappa shape index (κ1) is 17.0. The van der Waals surface area contributed by atoms with Crippen LogP contribution in [-0.2, 0) is 0 Å². The zero-order valence-corrected chi connectivity index (χ0v) is 12.4. The maximum absolute atomic E-state index is 12.5. The summed E-state index contributed by atoms with van der Waals surface area (Å²) >= 11 is 0. The largest absolute Gasteiger partial charge is 0.342 e. The number of nitrogens with one attached hydrogen (secondary N) is 1. The van der Waals surface area contributed by atoms with E-state index in [-0.39, 0.29) is 17.1 Å². The maximum atomic E-state index is 12.5. The molecule has 1 N–H and O–H groups in total. The van der Waals surface area contributed by atoms with Crippen LogP contribution >= 0.6 is 0 Å². The van der Waals surface area contributed by atoms with Gasteiger partial charge in [-0.05, 0) is 17.4 Å². The van der Waals surface area contributed by atoms with Crippen LogP contribution in [0.5, 0.6) is 0 Å². The van der Waals surface area contributed by atoms with Crippen molar-refractivity contribution < 1.29 is 4.39 Å². The fourth-order valence-corrected chi connectivity index (χ4v) is 1.38. The minimum atomic E-state index is -0.723. The van der Waals surface area contributed by atoms with Gasteiger partial charge in [0.15, 0.2) is 5.82 Å². The lowest BCUT2D eigenvalue weighted by molar-refractivity contribution is 0.560. The minimum Gasteiger partial charge on any atom is -0.342 e. The predicted octanol–water partition coefficient (Wildman–Crippen LogP) is 2.54. The Kier molecular flexibility index (Phi) is 6.92. The Hall–Kier alpha value is -3.08. The third-order valence-electron chi connectivity index (χ3n) is 2.29. The van der Waals surface area contributed by atoms with E-state index in [1.807, 2.05) is 19.9 Å². The summed E-state index contributed by atoms with van der Waals surface area (Å²) in [5.41, 5.74) is 0.552. The highest BCUT2D eigenvalue weighted by molar-refractivity contribution is 5.60. The van der Waals surface area contributed by atoms with Crippen molar-refractivity contribution >= 4 is 5.70 Å². The van der Waals surface area contributed by atoms with Crippen LogP contribution in [0.3, 0.4) is 0 Å².